The Bertz CT molecular complexity index is 1330. The minimum Gasteiger partial charge on any atom is -0.333 e. The predicted octanol–water partition coefficient (Wildman–Crippen LogP) is 6.95. The van der Waals surface area contributed by atoms with Crippen LogP contribution in [0.4, 0.5) is 0 Å². The zero-order valence-electron chi connectivity index (χ0n) is 21.4. The van der Waals surface area contributed by atoms with Gasteiger partial charge in [-0.3, -0.25) is 9.59 Å². The molecule has 1 unspecified atom stereocenters. The largest absolute Gasteiger partial charge is 0.333 e. The summed E-state index contributed by atoms with van der Waals surface area (Å²) in [6.45, 7) is 3.23. The molecule has 1 aromatic heterocycles. The molecule has 2 heterocycles. The van der Waals surface area contributed by atoms with Crippen molar-refractivity contribution in [1.29, 1.82) is 0 Å². The summed E-state index contributed by atoms with van der Waals surface area (Å²) >= 11 is 7.91. The standard InChI is InChI=1S/C32H31ClN2O2S/c1-2-19-34(32(37)30(23-9-5-3-6-10-23)24-11-7-4-8-12-24)22-29(36)35-20-17-28-27(18-21-38-28)31(35)25-13-15-26(33)16-14-25/h3-16,18,21,30-31H,2,17,19-20,22H2,1H3. The molecule has 0 saturated carbocycles. The number of carbonyl (C=O) groups is 2. The molecule has 0 spiro atoms. The van der Waals surface area contributed by atoms with Crippen LogP contribution in [-0.4, -0.2) is 41.2 Å². The summed E-state index contributed by atoms with van der Waals surface area (Å²) in [4.78, 5) is 33.1. The van der Waals surface area contributed by atoms with E-state index in [0.29, 0.717) is 18.1 Å². The van der Waals surface area contributed by atoms with E-state index in [1.165, 1.54) is 4.88 Å². The second-order valence-electron chi connectivity index (χ2n) is 9.60. The van der Waals surface area contributed by atoms with Gasteiger partial charge in [-0.15, -0.1) is 11.3 Å². The van der Waals surface area contributed by atoms with E-state index in [4.69, 9.17) is 11.6 Å². The summed E-state index contributed by atoms with van der Waals surface area (Å²) in [5.41, 5.74) is 4.05. The molecule has 6 heteroatoms. The van der Waals surface area contributed by atoms with Crippen LogP contribution >= 0.6 is 22.9 Å². The summed E-state index contributed by atoms with van der Waals surface area (Å²) < 4.78 is 0. The van der Waals surface area contributed by atoms with Crippen LogP contribution in [0.3, 0.4) is 0 Å². The van der Waals surface area contributed by atoms with Crippen molar-refractivity contribution in [2.45, 2.75) is 31.7 Å². The molecule has 0 saturated heterocycles. The van der Waals surface area contributed by atoms with Gasteiger partial charge in [0.15, 0.2) is 0 Å². The number of amides is 2. The smallest absolute Gasteiger partial charge is 0.242 e. The van der Waals surface area contributed by atoms with Gasteiger partial charge < -0.3 is 9.80 Å². The number of carbonyl (C=O) groups excluding carboxylic acids is 2. The fourth-order valence-electron chi connectivity index (χ4n) is 5.33. The maximum Gasteiger partial charge on any atom is 0.242 e. The quantitative estimate of drug-likeness (QED) is 0.242. The molecule has 0 aliphatic carbocycles. The van der Waals surface area contributed by atoms with Gasteiger partial charge in [0.2, 0.25) is 11.8 Å². The van der Waals surface area contributed by atoms with Crippen LogP contribution < -0.4 is 0 Å². The Labute approximate surface area is 233 Å². The van der Waals surface area contributed by atoms with Crippen molar-refractivity contribution in [3.05, 3.63) is 129 Å². The van der Waals surface area contributed by atoms with Crippen molar-refractivity contribution in [3.8, 4) is 0 Å². The molecule has 4 nitrogen and oxygen atoms in total. The fourth-order valence-corrected chi connectivity index (χ4v) is 6.36. The van der Waals surface area contributed by atoms with Crippen molar-refractivity contribution in [2.75, 3.05) is 19.6 Å². The molecule has 194 valence electrons. The molecule has 3 aromatic carbocycles. The highest BCUT2D eigenvalue weighted by molar-refractivity contribution is 7.10. The van der Waals surface area contributed by atoms with Crippen LogP contribution in [0.5, 0.6) is 0 Å². The van der Waals surface area contributed by atoms with Crippen molar-refractivity contribution >= 4 is 34.8 Å². The third-order valence-electron chi connectivity index (χ3n) is 7.12. The van der Waals surface area contributed by atoms with Crippen LogP contribution in [0.2, 0.25) is 5.02 Å². The third-order valence-corrected chi connectivity index (χ3v) is 8.36. The molecule has 0 radical (unpaired) electrons. The van der Waals surface area contributed by atoms with E-state index in [2.05, 4.69) is 11.4 Å². The molecular formula is C32H31ClN2O2S. The van der Waals surface area contributed by atoms with E-state index < -0.39 is 5.92 Å². The molecular weight excluding hydrogens is 512 g/mol. The number of rotatable bonds is 8. The summed E-state index contributed by atoms with van der Waals surface area (Å²) in [5.74, 6) is -0.550. The van der Waals surface area contributed by atoms with Crippen molar-refractivity contribution < 1.29 is 9.59 Å². The molecule has 38 heavy (non-hydrogen) atoms. The molecule has 5 rings (SSSR count). The van der Waals surface area contributed by atoms with E-state index in [9.17, 15) is 9.59 Å². The normalized spacial score (nSPS) is 14.8. The highest BCUT2D eigenvalue weighted by atomic mass is 35.5. The van der Waals surface area contributed by atoms with Gasteiger partial charge in [0.1, 0.15) is 0 Å². The maximum atomic E-state index is 14.1. The van der Waals surface area contributed by atoms with Crippen LogP contribution in [-0.2, 0) is 16.0 Å². The second kappa shape index (κ2) is 12.0. The van der Waals surface area contributed by atoms with E-state index in [-0.39, 0.29) is 24.4 Å². The van der Waals surface area contributed by atoms with Gasteiger partial charge in [-0.2, -0.15) is 0 Å². The average Bonchev–Trinajstić information content (AvgIpc) is 3.43. The van der Waals surface area contributed by atoms with E-state index in [1.54, 1.807) is 16.2 Å². The molecule has 0 bridgehead atoms. The summed E-state index contributed by atoms with van der Waals surface area (Å²) in [6.07, 6.45) is 1.59. The SMILES string of the molecule is CCCN(CC(=O)N1CCc2sccc2C1c1ccc(Cl)cc1)C(=O)C(c1ccccc1)c1ccccc1. The minimum atomic E-state index is -0.464. The first-order chi connectivity index (χ1) is 18.6. The van der Waals surface area contributed by atoms with E-state index in [0.717, 1.165) is 35.1 Å². The van der Waals surface area contributed by atoms with Crippen LogP contribution in [0.25, 0.3) is 0 Å². The van der Waals surface area contributed by atoms with Gasteiger partial charge >= 0.3 is 0 Å². The molecule has 4 aromatic rings. The number of nitrogens with zero attached hydrogens (tertiary/aromatic N) is 2. The van der Waals surface area contributed by atoms with Gasteiger partial charge in [0, 0.05) is 23.0 Å². The molecule has 0 fully saturated rings. The second-order valence-corrected chi connectivity index (χ2v) is 11.0. The van der Waals surface area contributed by atoms with Gasteiger partial charge in [-0.25, -0.2) is 0 Å². The molecule has 1 atom stereocenters. The average molecular weight is 543 g/mol. The zero-order valence-corrected chi connectivity index (χ0v) is 23.0. The first kappa shape index (κ1) is 26.2. The van der Waals surface area contributed by atoms with Crippen molar-refractivity contribution in [2.24, 2.45) is 0 Å². The van der Waals surface area contributed by atoms with E-state index in [1.807, 2.05) is 96.8 Å². The monoisotopic (exact) mass is 542 g/mol. The first-order valence-corrected chi connectivity index (χ1v) is 14.3. The lowest BCUT2D eigenvalue weighted by molar-refractivity contribution is -0.142. The highest BCUT2D eigenvalue weighted by Gasteiger charge is 2.35. The predicted molar refractivity (Wildman–Crippen MR) is 155 cm³/mol. The van der Waals surface area contributed by atoms with Gasteiger partial charge in [0.25, 0.3) is 0 Å². The van der Waals surface area contributed by atoms with Crippen molar-refractivity contribution in [1.82, 2.24) is 9.80 Å². The van der Waals surface area contributed by atoms with Crippen LogP contribution in [0.15, 0.2) is 96.4 Å². The Balaban J connectivity index is 1.45. The number of hydrogen-bond donors (Lipinski definition) is 0. The molecule has 1 aliphatic rings. The van der Waals surface area contributed by atoms with Crippen LogP contribution in [0, 0.1) is 0 Å². The molecule has 0 N–H and O–H groups in total. The number of halogens is 1. The lowest BCUT2D eigenvalue weighted by atomic mass is 9.89. The highest BCUT2D eigenvalue weighted by Crippen LogP contribution is 2.38. The lowest BCUT2D eigenvalue weighted by Gasteiger charge is -2.38. The first-order valence-electron chi connectivity index (χ1n) is 13.1. The summed E-state index contributed by atoms with van der Waals surface area (Å²) in [6, 6.07) is 29.3. The molecule has 2 amide bonds. The Morgan fingerprint density at radius 2 is 1.58 bits per heavy atom. The number of thiophene rings is 1. The van der Waals surface area contributed by atoms with Crippen LogP contribution in [0.1, 0.15) is 52.4 Å². The summed E-state index contributed by atoms with van der Waals surface area (Å²) in [5, 5.41) is 2.76. The Morgan fingerprint density at radius 1 is 0.947 bits per heavy atom. The number of benzene rings is 3. The maximum absolute atomic E-state index is 14.1. The van der Waals surface area contributed by atoms with E-state index >= 15 is 0 Å². The van der Waals surface area contributed by atoms with Gasteiger partial charge in [-0.05, 0) is 58.7 Å². The third kappa shape index (κ3) is 5.54. The Hall–Kier alpha value is -3.41. The van der Waals surface area contributed by atoms with Crippen molar-refractivity contribution in [3.63, 3.8) is 0 Å². The molecule has 1 aliphatic heterocycles. The Morgan fingerprint density at radius 3 is 2.18 bits per heavy atom. The van der Waals surface area contributed by atoms with Gasteiger partial charge in [0.05, 0.1) is 18.5 Å². The fraction of sp³-hybridized carbons (Fsp3) is 0.250. The lowest BCUT2D eigenvalue weighted by Crippen LogP contribution is -2.48. The minimum absolute atomic E-state index is 0.0385. The van der Waals surface area contributed by atoms with Gasteiger partial charge in [-0.1, -0.05) is 91.3 Å². The zero-order chi connectivity index (χ0) is 26.5. The Kier molecular flexibility index (Phi) is 8.26. The topological polar surface area (TPSA) is 40.6 Å². The summed E-state index contributed by atoms with van der Waals surface area (Å²) in [7, 11) is 0. The number of hydrogen-bond acceptors (Lipinski definition) is 3. The number of fused-ring (bicyclic) bond motifs is 1.